The number of hydrogen-bond donors (Lipinski definition) is 1. The number of hydrogen-bond acceptors (Lipinski definition) is 3. The van der Waals surface area contributed by atoms with E-state index >= 15 is 0 Å². The first-order valence-corrected chi connectivity index (χ1v) is 11.8. The van der Waals surface area contributed by atoms with Crippen LogP contribution in [0.15, 0.2) is 84.9 Å². The molecule has 0 bridgehead atoms. The fourth-order valence-corrected chi connectivity index (χ4v) is 3.88. The van der Waals surface area contributed by atoms with Gasteiger partial charge in [0.05, 0.1) is 7.11 Å². The van der Waals surface area contributed by atoms with Crippen LogP contribution in [0.1, 0.15) is 30.5 Å². The summed E-state index contributed by atoms with van der Waals surface area (Å²) in [5.41, 5.74) is 3.13. The van der Waals surface area contributed by atoms with Crippen LogP contribution < -0.4 is 10.1 Å². The minimum atomic E-state index is -0.603. The third kappa shape index (κ3) is 7.20. The number of benzene rings is 3. The minimum absolute atomic E-state index is 0.0323. The lowest BCUT2D eigenvalue weighted by Crippen LogP contribution is -2.51. The Labute approximate surface area is 202 Å². The van der Waals surface area contributed by atoms with E-state index in [9.17, 15) is 9.59 Å². The fourth-order valence-electron chi connectivity index (χ4n) is 3.88. The molecular formula is C29H34N2O3. The summed E-state index contributed by atoms with van der Waals surface area (Å²) in [6.45, 7) is 4.63. The lowest BCUT2D eigenvalue weighted by atomic mass is 10.0. The highest BCUT2D eigenvalue weighted by Crippen LogP contribution is 2.17. The van der Waals surface area contributed by atoms with Gasteiger partial charge in [0, 0.05) is 25.4 Å². The van der Waals surface area contributed by atoms with Gasteiger partial charge in [-0.05, 0) is 35.2 Å². The van der Waals surface area contributed by atoms with Gasteiger partial charge >= 0.3 is 0 Å². The molecule has 3 rings (SSSR count). The van der Waals surface area contributed by atoms with Gasteiger partial charge in [-0.25, -0.2) is 0 Å². The molecule has 2 amide bonds. The summed E-state index contributed by atoms with van der Waals surface area (Å²) in [4.78, 5) is 28.5. The van der Waals surface area contributed by atoms with E-state index in [0.717, 1.165) is 22.4 Å². The highest BCUT2D eigenvalue weighted by Gasteiger charge is 2.31. The number of rotatable bonds is 11. The molecule has 0 spiro atoms. The number of ether oxygens (including phenoxy) is 1. The Morgan fingerprint density at radius 2 is 1.41 bits per heavy atom. The van der Waals surface area contributed by atoms with Gasteiger partial charge in [-0.15, -0.1) is 0 Å². The first-order chi connectivity index (χ1) is 16.5. The standard InChI is InChI=1S/C29H34N2O3/c1-22(2)29(33)31(21-25-12-8-5-9-13-25)27(20-24-10-6-4-7-11-24)28(32)30-19-18-23-14-16-26(34-3)17-15-23/h4-17,22,27H,18-21H2,1-3H3,(H,30,32)/t27-/m0/s1. The zero-order valence-electron chi connectivity index (χ0n) is 20.2. The Hall–Kier alpha value is -3.60. The second-order valence-corrected chi connectivity index (χ2v) is 8.70. The number of nitrogens with one attached hydrogen (secondary N) is 1. The summed E-state index contributed by atoms with van der Waals surface area (Å²) in [7, 11) is 1.64. The van der Waals surface area contributed by atoms with Gasteiger partial charge < -0.3 is 15.0 Å². The van der Waals surface area contributed by atoms with Gasteiger partial charge in [0.1, 0.15) is 11.8 Å². The summed E-state index contributed by atoms with van der Waals surface area (Å²) in [5, 5.41) is 3.08. The molecule has 3 aromatic carbocycles. The Morgan fingerprint density at radius 1 is 0.824 bits per heavy atom. The van der Waals surface area contributed by atoms with E-state index in [-0.39, 0.29) is 17.7 Å². The summed E-state index contributed by atoms with van der Waals surface area (Å²) in [6.07, 6.45) is 1.16. The van der Waals surface area contributed by atoms with E-state index in [1.165, 1.54) is 0 Å². The van der Waals surface area contributed by atoms with Crippen LogP contribution in [0.5, 0.6) is 5.75 Å². The third-order valence-electron chi connectivity index (χ3n) is 5.80. The van der Waals surface area contributed by atoms with Crippen LogP contribution in [-0.2, 0) is 29.0 Å². The van der Waals surface area contributed by atoms with E-state index < -0.39 is 6.04 Å². The molecule has 5 heteroatoms. The van der Waals surface area contributed by atoms with Gasteiger partial charge in [-0.1, -0.05) is 86.6 Å². The molecule has 0 saturated carbocycles. The summed E-state index contributed by atoms with van der Waals surface area (Å²) in [5.74, 6) is 0.422. The van der Waals surface area contributed by atoms with Crippen molar-refractivity contribution in [2.24, 2.45) is 5.92 Å². The maximum absolute atomic E-state index is 13.5. The predicted molar refractivity (Wildman–Crippen MR) is 135 cm³/mol. The van der Waals surface area contributed by atoms with Crippen LogP contribution >= 0.6 is 0 Å². The lowest BCUT2D eigenvalue weighted by Gasteiger charge is -2.32. The maximum atomic E-state index is 13.5. The number of carbonyl (C=O) groups is 2. The molecule has 5 nitrogen and oxygen atoms in total. The largest absolute Gasteiger partial charge is 0.497 e. The van der Waals surface area contributed by atoms with E-state index in [0.29, 0.717) is 25.9 Å². The van der Waals surface area contributed by atoms with Gasteiger partial charge in [0.2, 0.25) is 11.8 Å². The number of methoxy groups -OCH3 is 1. The molecule has 0 radical (unpaired) electrons. The molecule has 3 aromatic rings. The molecule has 0 aliphatic heterocycles. The molecule has 0 saturated heterocycles. The van der Waals surface area contributed by atoms with Crippen molar-refractivity contribution in [3.8, 4) is 5.75 Å². The summed E-state index contributed by atoms with van der Waals surface area (Å²) < 4.78 is 5.21. The first kappa shape index (κ1) is 25.0. The second-order valence-electron chi connectivity index (χ2n) is 8.70. The van der Waals surface area contributed by atoms with Crippen molar-refractivity contribution in [1.82, 2.24) is 10.2 Å². The van der Waals surface area contributed by atoms with Crippen molar-refractivity contribution in [1.29, 1.82) is 0 Å². The Morgan fingerprint density at radius 3 is 1.97 bits per heavy atom. The summed E-state index contributed by atoms with van der Waals surface area (Å²) in [6, 6.07) is 26.9. The smallest absolute Gasteiger partial charge is 0.243 e. The van der Waals surface area contributed by atoms with E-state index in [2.05, 4.69) is 5.32 Å². The van der Waals surface area contributed by atoms with Crippen LogP contribution in [0.4, 0.5) is 0 Å². The van der Waals surface area contributed by atoms with E-state index in [4.69, 9.17) is 4.74 Å². The predicted octanol–water partition coefficient (Wildman–Crippen LogP) is 4.65. The fraction of sp³-hybridized carbons (Fsp3) is 0.310. The maximum Gasteiger partial charge on any atom is 0.243 e. The van der Waals surface area contributed by atoms with Crippen molar-refractivity contribution in [2.75, 3.05) is 13.7 Å². The number of amides is 2. The Bertz CT molecular complexity index is 1030. The molecule has 0 unspecified atom stereocenters. The quantitative estimate of drug-likeness (QED) is 0.455. The van der Waals surface area contributed by atoms with Crippen molar-refractivity contribution < 1.29 is 14.3 Å². The molecule has 0 aromatic heterocycles. The van der Waals surface area contributed by atoms with Gasteiger partial charge in [0.25, 0.3) is 0 Å². The third-order valence-corrected chi connectivity index (χ3v) is 5.80. The average Bonchev–Trinajstić information content (AvgIpc) is 2.87. The molecule has 0 heterocycles. The molecule has 178 valence electrons. The molecular weight excluding hydrogens is 424 g/mol. The molecule has 34 heavy (non-hydrogen) atoms. The minimum Gasteiger partial charge on any atom is -0.497 e. The van der Waals surface area contributed by atoms with Crippen molar-refractivity contribution >= 4 is 11.8 Å². The van der Waals surface area contributed by atoms with Crippen molar-refractivity contribution in [2.45, 2.75) is 39.3 Å². The number of nitrogens with zero attached hydrogens (tertiary/aromatic N) is 1. The van der Waals surface area contributed by atoms with Gasteiger partial charge in [-0.3, -0.25) is 9.59 Å². The highest BCUT2D eigenvalue weighted by molar-refractivity contribution is 5.88. The van der Waals surface area contributed by atoms with Crippen molar-refractivity contribution in [3.63, 3.8) is 0 Å². The zero-order valence-corrected chi connectivity index (χ0v) is 20.2. The number of carbonyl (C=O) groups excluding carboxylic acids is 2. The SMILES string of the molecule is COc1ccc(CCNC(=O)[C@H](Cc2ccccc2)N(Cc2ccccc2)C(=O)C(C)C)cc1. The van der Waals surface area contributed by atoms with Gasteiger partial charge in [-0.2, -0.15) is 0 Å². The van der Waals surface area contributed by atoms with Crippen LogP contribution in [0.25, 0.3) is 0 Å². The zero-order chi connectivity index (χ0) is 24.3. The molecule has 0 aliphatic rings. The van der Waals surface area contributed by atoms with Crippen molar-refractivity contribution in [3.05, 3.63) is 102 Å². The monoisotopic (exact) mass is 458 g/mol. The van der Waals surface area contributed by atoms with Crippen LogP contribution in [0.3, 0.4) is 0 Å². The first-order valence-electron chi connectivity index (χ1n) is 11.8. The second kappa shape index (κ2) is 12.6. The van der Waals surface area contributed by atoms with E-state index in [1.54, 1.807) is 12.0 Å². The van der Waals surface area contributed by atoms with Gasteiger partial charge in [0.15, 0.2) is 0 Å². The normalized spacial score (nSPS) is 11.6. The molecule has 0 fully saturated rings. The van der Waals surface area contributed by atoms with Crippen LogP contribution in [0.2, 0.25) is 0 Å². The summed E-state index contributed by atoms with van der Waals surface area (Å²) >= 11 is 0. The lowest BCUT2D eigenvalue weighted by molar-refractivity contribution is -0.143. The Kier molecular flexibility index (Phi) is 9.27. The Balaban J connectivity index is 1.79. The topological polar surface area (TPSA) is 58.6 Å². The average molecular weight is 459 g/mol. The molecule has 1 N–H and O–H groups in total. The van der Waals surface area contributed by atoms with E-state index in [1.807, 2.05) is 98.8 Å². The van der Waals surface area contributed by atoms with Crippen LogP contribution in [-0.4, -0.2) is 36.4 Å². The van der Waals surface area contributed by atoms with Crippen LogP contribution in [0, 0.1) is 5.92 Å². The highest BCUT2D eigenvalue weighted by atomic mass is 16.5. The molecule has 0 aliphatic carbocycles. The molecule has 1 atom stereocenters.